The van der Waals surface area contributed by atoms with Gasteiger partial charge < -0.3 is 10.2 Å². The predicted molar refractivity (Wildman–Crippen MR) is 119 cm³/mol. The topological polar surface area (TPSA) is 86.8 Å². The Labute approximate surface area is 183 Å². The summed E-state index contributed by atoms with van der Waals surface area (Å²) in [5.74, 6) is -0.770. The van der Waals surface area contributed by atoms with Gasteiger partial charge in [-0.2, -0.15) is 4.31 Å². The molecule has 164 valence electrons. The first-order valence-corrected chi connectivity index (χ1v) is 12.2. The number of anilines is 2. The van der Waals surface area contributed by atoms with Crippen LogP contribution < -0.4 is 10.2 Å². The average molecular weight is 442 g/mol. The van der Waals surface area contributed by atoms with Crippen molar-refractivity contribution >= 4 is 33.2 Å². The van der Waals surface area contributed by atoms with Gasteiger partial charge in [-0.15, -0.1) is 0 Å². The van der Waals surface area contributed by atoms with Gasteiger partial charge in [0, 0.05) is 37.4 Å². The van der Waals surface area contributed by atoms with E-state index in [0.29, 0.717) is 25.3 Å². The van der Waals surface area contributed by atoms with Gasteiger partial charge in [0.25, 0.3) is 0 Å². The monoisotopic (exact) mass is 441 g/mol. The first-order chi connectivity index (χ1) is 14.9. The van der Waals surface area contributed by atoms with Gasteiger partial charge in [0.15, 0.2) is 0 Å². The van der Waals surface area contributed by atoms with Crippen LogP contribution in [0.4, 0.5) is 11.4 Å². The second-order valence-corrected chi connectivity index (χ2v) is 10.0. The summed E-state index contributed by atoms with van der Waals surface area (Å²) < 4.78 is 27.3. The van der Waals surface area contributed by atoms with Crippen molar-refractivity contribution in [3.05, 3.63) is 54.6 Å². The quantitative estimate of drug-likeness (QED) is 0.772. The van der Waals surface area contributed by atoms with Crippen LogP contribution in [0.5, 0.6) is 0 Å². The smallest absolute Gasteiger partial charge is 0.243 e. The maximum atomic E-state index is 12.9. The van der Waals surface area contributed by atoms with Crippen molar-refractivity contribution in [2.45, 2.75) is 37.0 Å². The van der Waals surface area contributed by atoms with Gasteiger partial charge in [-0.25, -0.2) is 8.42 Å². The number of amides is 2. The molecule has 0 bridgehead atoms. The lowest BCUT2D eigenvalue weighted by Crippen LogP contribution is -2.32. The minimum absolute atomic E-state index is 0.0785. The highest BCUT2D eigenvalue weighted by molar-refractivity contribution is 7.89. The molecule has 2 aromatic carbocycles. The zero-order chi connectivity index (χ0) is 21.8. The average Bonchev–Trinajstić information content (AvgIpc) is 2.98. The van der Waals surface area contributed by atoms with E-state index in [0.717, 1.165) is 31.4 Å². The molecule has 7 nitrogen and oxygen atoms in total. The van der Waals surface area contributed by atoms with Crippen LogP contribution in [-0.2, 0) is 19.6 Å². The minimum atomic E-state index is -3.52. The number of sulfonamides is 1. The Morgan fingerprint density at radius 3 is 2.19 bits per heavy atom. The van der Waals surface area contributed by atoms with E-state index in [1.807, 2.05) is 30.3 Å². The summed E-state index contributed by atoms with van der Waals surface area (Å²) in [7, 11) is -3.52. The molecule has 2 amide bonds. The molecule has 0 radical (unpaired) electrons. The lowest BCUT2D eigenvalue weighted by Gasteiger charge is -2.20. The van der Waals surface area contributed by atoms with E-state index < -0.39 is 15.9 Å². The third-order valence-corrected chi connectivity index (χ3v) is 7.80. The van der Waals surface area contributed by atoms with Crippen molar-refractivity contribution < 1.29 is 18.0 Å². The summed E-state index contributed by atoms with van der Waals surface area (Å²) in [5.41, 5.74) is 1.30. The maximum absolute atomic E-state index is 12.9. The highest BCUT2D eigenvalue weighted by Crippen LogP contribution is 2.26. The minimum Gasteiger partial charge on any atom is -0.326 e. The summed E-state index contributed by atoms with van der Waals surface area (Å²) in [6.45, 7) is 1.43. The van der Waals surface area contributed by atoms with Crippen LogP contribution in [0.1, 0.15) is 32.1 Å². The molecule has 2 aliphatic heterocycles. The molecule has 0 saturated carbocycles. The summed E-state index contributed by atoms with van der Waals surface area (Å²) in [5, 5.41) is 2.82. The van der Waals surface area contributed by atoms with E-state index >= 15 is 0 Å². The van der Waals surface area contributed by atoms with E-state index in [1.54, 1.807) is 21.3 Å². The molecule has 0 aromatic heterocycles. The van der Waals surface area contributed by atoms with Gasteiger partial charge in [0.05, 0.1) is 10.8 Å². The van der Waals surface area contributed by atoms with Gasteiger partial charge >= 0.3 is 0 Å². The standard InChI is InChI=1S/C23H27N3O4S/c27-22-16-18(17-26(22)20-8-4-3-5-9-20)23(28)24-19-10-12-21(13-11-19)31(29,30)25-14-6-1-2-7-15-25/h3-5,8-13,18H,1-2,6-7,14-17H2,(H,24,28). The van der Waals surface area contributed by atoms with Crippen LogP contribution in [-0.4, -0.2) is 44.2 Å². The largest absolute Gasteiger partial charge is 0.326 e. The Morgan fingerprint density at radius 2 is 1.55 bits per heavy atom. The van der Waals surface area contributed by atoms with Crippen LogP contribution in [0, 0.1) is 5.92 Å². The predicted octanol–water partition coefficient (Wildman–Crippen LogP) is 3.24. The van der Waals surface area contributed by atoms with E-state index in [4.69, 9.17) is 0 Å². The van der Waals surface area contributed by atoms with Crippen molar-refractivity contribution in [2.24, 2.45) is 5.92 Å². The molecule has 1 unspecified atom stereocenters. The molecular weight excluding hydrogens is 414 g/mol. The first kappa shape index (κ1) is 21.5. The number of benzene rings is 2. The van der Waals surface area contributed by atoms with Crippen LogP contribution in [0.15, 0.2) is 59.5 Å². The van der Waals surface area contributed by atoms with Gasteiger partial charge in [-0.05, 0) is 49.2 Å². The second-order valence-electron chi connectivity index (χ2n) is 8.07. The van der Waals surface area contributed by atoms with Gasteiger partial charge in [0.2, 0.25) is 21.8 Å². The van der Waals surface area contributed by atoms with Gasteiger partial charge in [-0.1, -0.05) is 31.0 Å². The molecule has 2 aromatic rings. The van der Waals surface area contributed by atoms with Crippen molar-refractivity contribution in [3.8, 4) is 0 Å². The number of rotatable bonds is 5. The third kappa shape index (κ3) is 4.80. The zero-order valence-corrected chi connectivity index (χ0v) is 18.2. The molecule has 2 fully saturated rings. The number of carbonyl (C=O) groups is 2. The fourth-order valence-corrected chi connectivity index (χ4v) is 5.64. The number of nitrogens with zero attached hydrogens (tertiary/aromatic N) is 2. The molecule has 2 saturated heterocycles. The first-order valence-electron chi connectivity index (χ1n) is 10.7. The van der Waals surface area contributed by atoms with Crippen LogP contribution >= 0.6 is 0 Å². The van der Waals surface area contributed by atoms with Crippen molar-refractivity contribution in [3.63, 3.8) is 0 Å². The Hall–Kier alpha value is -2.71. The second kappa shape index (κ2) is 9.20. The maximum Gasteiger partial charge on any atom is 0.243 e. The Balaban J connectivity index is 1.40. The summed E-state index contributed by atoms with van der Waals surface area (Å²) >= 11 is 0. The molecule has 4 rings (SSSR count). The SMILES string of the molecule is O=C(Nc1ccc(S(=O)(=O)N2CCCCCC2)cc1)C1CC(=O)N(c2ccccc2)C1. The Kier molecular flexibility index (Phi) is 6.38. The molecule has 0 spiro atoms. The highest BCUT2D eigenvalue weighted by atomic mass is 32.2. The van der Waals surface area contributed by atoms with E-state index in [2.05, 4.69) is 5.32 Å². The Morgan fingerprint density at radius 1 is 0.903 bits per heavy atom. The van der Waals surface area contributed by atoms with E-state index in [9.17, 15) is 18.0 Å². The fourth-order valence-electron chi connectivity index (χ4n) is 4.13. The van der Waals surface area contributed by atoms with E-state index in [-0.39, 0.29) is 23.1 Å². The number of nitrogens with one attached hydrogen (secondary N) is 1. The summed E-state index contributed by atoms with van der Waals surface area (Å²) in [6.07, 6.45) is 4.04. The lowest BCUT2D eigenvalue weighted by molar-refractivity contribution is -0.122. The third-order valence-electron chi connectivity index (χ3n) is 5.89. The lowest BCUT2D eigenvalue weighted by atomic mass is 10.1. The molecule has 2 aliphatic rings. The molecule has 1 N–H and O–H groups in total. The Bertz CT molecular complexity index is 1030. The number of hydrogen-bond acceptors (Lipinski definition) is 4. The zero-order valence-electron chi connectivity index (χ0n) is 17.4. The number of hydrogen-bond donors (Lipinski definition) is 1. The van der Waals surface area contributed by atoms with Crippen LogP contribution in [0.25, 0.3) is 0 Å². The van der Waals surface area contributed by atoms with Crippen molar-refractivity contribution in [1.82, 2.24) is 4.31 Å². The molecule has 8 heteroatoms. The summed E-state index contributed by atoms with van der Waals surface area (Å²) in [6, 6.07) is 15.6. The molecule has 0 aliphatic carbocycles. The normalized spacial score (nSPS) is 20.5. The number of carbonyl (C=O) groups excluding carboxylic acids is 2. The van der Waals surface area contributed by atoms with E-state index in [1.165, 1.54) is 12.1 Å². The fraction of sp³-hybridized carbons (Fsp3) is 0.391. The molecule has 2 heterocycles. The van der Waals surface area contributed by atoms with Crippen LogP contribution in [0.3, 0.4) is 0 Å². The molecule has 31 heavy (non-hydrogen) atoms. The summed E-state index contributed by atoms with van der Waals surface area (Å²) in [4.78, 5) is 26.9. The highest BCUT2D eigenvalue weighted by Gasteiger charge is 2.35. The van der Waals surface area contributed by atoms with Crippen molar-refractivity contribution in [2.75, 3.05) is 29.9 Å². The molecular formula is C23H27N3O4S. The van der Waals surface area contributed by atoms with Gasteiger partial charge in [-0.3, -0.25) is 9.59 Å². The van der Waals surface area contributed by atoms with Crippen molar-refractivity contribution in [1.29, 1.82) is 0 Å². The van der Waals surface area contributed by atoms with Crippen LogP contribution in [0.2, 0.25) is 0 Å². The molecule has 1 atom stereocenters. The number of para-hydroxylation sites is 1. The van der Waals surface area contributed by atoms with Gasteiger partial charge in [0.1, 0.15) is 0 Å².